The molecule has 1 fully saturated rings. The molecule has 148 valence electrons. The van der Waals surface area contributed by atoms with Crippen molar-refractivity contribution < 1.29 is 22.4 Å². The van der Waals surface area contributed by atoms with Gasteiger partial charge in [-0.15, -0.1) is 0 Å². The second-order valence-electron chi connectivity index (χ2n) is 6.75. The summed E-state index contributed by atoms with van der Waals surface area (Å²) in [4.78, 5) is 13.6. The third-order valence-corrected chi connectivity index (χ3v) is 5.96. The predicted octanol–water partition coefficient (Wildman–Crippen LogP) is 4.14. The van der Waals surface area contributed by atoms with Crippen LogP contribution in [-0.2, 0) is 11.0 Å². The molecule has 28 heavy (non-hydrogen) atoms. The minimum absolute atomic E-state index is 0.0373. The summed E-state index contributed by atoms with van der Waals surface area (Å²) in [6.45, 7) is 1.71. The third kappa shape index (κ3) is 3.25. The quantitative estimate of drug-likeness (QED) is 0.767. The van der Waals surface area contributed by atoms with Gasteiger partial charge in [0, 0.05) is 23.0 Å². The highest BCUT2D eigenvalue weighted by Crippen LogP contribution is 2.43. The summed E-state index contributed by atoms with van der Waals surface area (Å²) in [6.07, 6.45) is -3.08. The van der Waals surface area contributed by atoms with Gasteiger partial charge in [-0.05, 0) is 44.0 Å². The van der Waals surface area contributed by atoms with Gasteiger partial charge in [0.1, 0.15) is 5.69 Å². The van der Waals surface area contributed by atoms with E-state index in [2.05, 4.69) is 5.10 Å². The topological polar surface area (TPSA) is 64.2 Å². The number of anilines is 1. The molecule has 1 aromatic heterocycles. The minimum Gasteiger partial charge on any atom is -0.365 e. The molecule has 5 nitrogen and oxygen atoms in total. The number of amides is 1. The van der Waals surface area contributed by atoms with Gasteiger partial charge in [0.15, 0.2) is 11.5 Å². The number of allylic oxidation sites excluding steroid dienone is 1. The maximum Gasteiger partial charge on any atom is 0.435 e. The Balaban J connectivity index is 1.72. The van der Waals surface area contributed by atoms with Crippen LogP contribution in [0.1, 0.15) is 37.1 Å². The number of aromatic nitrogens is 2. The van der Waals surface area contributed by atoms with E-state index in [-0.39, 0.29) is 11.6 Å². The second kappa shape index (κ2) is 6.54. The molecule has 0 radical (unpaired) electrons. The van der Waals surface area contributed by atoms with E-state index in [1.165, 1.54) is 23.9 Å². The molecule has 1 aliphatic heterocycles. The number of hydrogen-bond acceptors (Lipinski definition) is 4. The van der Waals surface area contributed by atoms with E-state index in [1.54, 1.807) is 17.9 Å². The number of thioether (sulfide) groups is 1. The van der Waals surface area contributed by atoms with Crippen molar-refractivity contribution in [1.82, 2.24) is 9.78 Å². The van der Waals surface area contributed by atoms with Crippen LogP contribution in [0.15, 0.2) is 34.9 Å². The number of alkyl halides is 3. The Morgan fingerprint density at radius 1 is 1.29 bits per heavy atom. The van der Waals surface area contributed by atoms with Crippen molar-refractivity contribution in [2.75, 3.05) is 10.8 Å². The van der Waals surface area contributed by atoms with Gasteiger partial charge >= 0.3 is 6.18 Å². The molecular weight excluding hydrogens is 396 g/mol. The fourth-order valence-corrected chi connectivity index (χ4v) is 4.27. The summed E-state index contributed by atoms with van der Waals surface area (Å²) in [5.41, 5.74) is 5.72. The smallest absolute Gasteiger partial charge is 0.365 e. The van der Waals surface area contributed by atoms with Crippen LogP contribution in [0.4, 0.5) is 23.2 Å². The highest BCUT2D eigenvalue weighted by molar-refractivity contribution is 8.04. The van der Waals surface area contributed by atoms with Crippen molar-refractivity contribution in [1.29, 1.82) is 0 Å². The molecule has 1 saturated carbocycles. The van der Waals surface area contributed by atoms with Crippen LogP contribution in [-0.4, -0.2) is 21.6 Å². The number of benzene rings is 1. The predicted molar refractivity (Wildman–Crippen MR) is 97.3 cm³/mol. The second-order valence-corrected chi connectivity index (χ2v) is 7.71. The van der Waals surface area contributed by atoms with Crippen molar-refractivity contribution in [3.63, 3.8) is 0 Å². The number of nitrogens with zero attached hydrogens (tertiary/aromatic N) is 3. The zero-order chi connectivity index (χ0) is 20.2. The van der Waals surface area contributed by atoms with Gasteiger partial charge in [0.2, 0.25) is 0 Å². The lowest BCUT2D eigenvalue weighted by Gasteiger charge is -2.20. The lowest BCUT2D eigenvalue weighted by molar-refractivity contribution is -0.141. The summed E-state index contributed by atoms with van der Waals surface area (Å²) in [5, 5.41) is 3.61. The Morgan fingerprint density at radius 3 is 2.54 bits per heavy atom. The maximum atomic E-state index is 14.9. The molecule has 2 N–H and O–H groups in total. The van der Waals surface area contributed by atoms with Crippen LogP contribution < -0.4 is 10.6 Å². The number of carbonyl (C=O) groups excluding carboxylic acids is 1. The Kier molecular flexibility index (Phi) is 4.40. The van der Waals surface area contributed by atoms with E-state index < -0.39 is 23.6 Å². The summed E-state index contributed by atoms with van der Waals surface area (Å²) in [6, 6.07) is 5.23. The molecule has 1 aromatic carbocycles. The molecule has 2 aliphatic rings. The number of halogens is 4. The highest BCUT2D eigenvalue weighted by Gasteiger charge is 2.38. The normalized spacial score (nSPS) is 17.5. The van der Waals surface area contributed by atoms with Gasteiger partial charge in [-0.25, -0.2) is 9.07 Å². The van der Waals surface area contributed by atoms with Crippen molar-refractivity contribution in [2.24, 2.45) is 5.73 Å². The van der Waals surface area contributed by atoms with Crippen molar-refractivity contribution in [3.8, 4) is 5.69 Å². The van der Waals surface area contributed by atoms with E-state index in [0.717, 1.165) is 23.6 Å². The van der Waals surface area contributed by atoms with E-state index >= 15 is 0 Å². The lowest BCUT2D eigenvalue weighted by atomic mass is 10.2. The molecule has 2 aromatic rings. The molecule has 10 heteroatoms. The Bertz CT molecular complexity index is 994. The van der Waals surface area contributed by atoms with Crippen LogP contribution >= 0.6 is 11.8 Å². The van der Waals surface area contributed by atoms with Gasteiger partial charge in [0.25, 0.3) is 5.91 Å². The molecule has 0 bridgehead atoms. The standard InChI is InChI=1S/C18H16F4N4OS/c1-9-16(17(23)27)28-8-25(9)11-4-5-13(12(19)6-11)26-14(10-2-3-10)7-15(24-26)18(20,21)22/h4-7,10H,2-3,8H2,1H3,(H2,23,27). The van der Waals surface area contributed by atoms with Gasteiger partial charge in [-0.1, -0.05) is 11.8 Å². The van der Waals surface area contributed by atoms with Crippen LogP contribution in [0.5, 0.6) is 0 Å². The molecule has 0 atom stereocenters. The van der Waals surface area contributed by atoms with Crippen LogP contribution in [0.3, 0.4) is 0 Å². The van der Waals surface area contributed by atoms with Crippen LogP contribution in [0, 0.1) is 5.82 Å². The zero-order valence-corrected chi connectivity index (χ0v) is 15.6. The number of primary amides is 1. The third-order valence-electron chi connectivity index (χ3n) is 4.79. The first-order chi connectivity index (χ1) is 13.2. The average molecular weight is 412 g/mol. The summed E-state index contributed by atoms with van der Waals surface area (Å²) < 4.78 is 55.1. The van der Waals surface area contributed by atoms with Gasteiger partial charge in [-0.2, -0.15) is 18.3 Å². The van der Waals surface area contributed by atoms with E-state index in [0.29, 0.717) is 27.9 Å². The first-order valence-corrected chi connectivity index (χ1v) is 9.53. The Labute approximate surface area is 162 Å². The largest absolute Gasteiger partial charge is 0.435 e. The first kappa shape index (κ1) is 18.9. The highest BCUT2D eigenvalue weighted by atomic mass is 32.2. The fraction of sp³-hybridized carbons (Fsp3) is 0.333. The number of nitrogens with two attached hydrogens (primary N) is 1. The Morgan fingerprint density at radius 2 is 2.00 bits per heavy atom. The van der Waals surface area contributed by atoms with Crippen molar-refractivity contribution in [2.45, 2.75) is 31.9 Å². The molecule has 0 spiro atoms. The van der Waals surface area contributed by atoms with Crippen molar-refractivity contribution in [3.05, 3.63) is 52.1 Å². The van der Waals surface area contributed by atoms with Gasteiger partial charge < -0.3 is 10.6 Å². The molecule has 0 unspecified atom stereocenters. The monoisotopic (exact) mass is 412 g/mol. The molecular formula is C18H16F4N4OS. The molecule has 4 rings (SSSR count). The molecule has 0 saturated heterocycles. The van der Waals surface area contributed by atoms with Gasteiger partial charge in [-0.3, -0.25) is 4.79 Å². The zero-order valence-electron chi connectivity index (χ0n) is 14.8. The molecule has 2 heterocycles. The Hall–Kier alpha value is -2.49. The average Bonchev–Trinajstić information content (AvgIpc) is 3.22. The van der Waals surface area contributed by atoms with Crippen molar-refractivity contribution >= 4 is 23.4 Å². The maximum absolute atomic E-state index is 14.9. The first-order valence-electron chi connectivity index (χ1n) is 8.55. The fourth-order valence-electron chi connectivity index (χ4n) is 3.20. The van der Waals surface area contributed by atoms with E-state index in [9.17, 15) is 22.4 Å². The summed E-state index contributed by atoms with van der Waals surface area (Å²) >= 11 is 1.25. The summed E-state index contributed by atoms with van der Waals surface area (Å²) in [7, 11) is 0. The number of hydrogen-bond donors (Lipinski definition) is 1. The van der Waals surface area contributed by atoms with Gasteiger partial charge in [0.05, 0.1) is 10.8 Å². The SMILES string of the molecule is CC1=C(C(N)=O)SCN1c1ccc(-n2nc(C(F)(F)F)cc2C2CC2)c(F)c1. The molecule has 1 aliphatic carbocycles. The van der Waals surface area contributed by atoms with E-state index in [1.807, 2.05) is 0 Å². The minimum atomic E-state index is -4.59. The number of rotatable bonds is 4. The van der Waals surface area contributed by atoms with Crippen LogP contribution in [0.25, 0.3) is 5.69 Å². The lowest BCUT2D eigenvalue weighted by Crippen LogP contribution is -2.18. The summed E-state index contributed by atoms with van der Waals surface area (Å²) in [5.74, 6) is -0.883. The molecule has 1 amide bonds. The number of carbonyl (C=O) groups is 1. The van der Waals surface area contributed by atoms with E-state index in [4.69, 9.17) is 5.73 Å². The van der Waals surface area contributed by atoms with Crippen LogP contribution in [0.2, 0.25) is 0 Å².